The average molecular weight is 440 g/mol. The van der Waals surface area contributed by atoms with Crippen LogP contribution in [-0.2, 0) is 6.42 Å². The van der Waals surface area contributed by atoms with Crippen LogP contribution < -0.4 is 4.90 Å². The lowest BCUT2D eigenvalue weighted by Crippen LogP contribution is -2.39. The molecule has 5 rings (SSSR count). The number of carbonyl (C=O) groups is 1. The van der Waals surface area contributed by atoms with E-state index in [1.165, 1.54) is 11.1 Å². The second-order valence-electron chi connectivity index (χ2n) is 7.55. The van der Waals surface area contributed by atoms with Gasteiger partial charge in [-0.3, -0.25) is 4.79 Å². The van der Waals surface area contributed by atoms with Crippen LogP contribution in [0.2, 0.25) is 0 Å². The molecule has 0 radical (unpaired) electrons. The molecule has 1 atom stereocenters. The normalized spacial score (nSPS) is 19.3. The third kappa shape index (κ3) is 2.89. The third-order valence-electron chi connectivity index (χ3n) is 5.88. The molecular formula is C21H22BrN5O. The summed E-state index contributed by atoms with van der Waals surface area (Å²) >= 11 is 3.45. The molecule has 1 fully saturated rings. The monoisotopic (exact) mass is 439 g/mol. The summed E-state index contributed by atoms with van der Waals surface area (Å²) in [7, 11) is 0. The zero-order valence-corrected chi connectivity index (χ0v) is 17.4. The number of anilines is 1. The Morgan fingerprint density at radius 1 is 1.14 bits per heavy atom. The number of fused-ring (bicyclic) bond motifs is 2. The van der Waals surface area contributed by atoms with Crippen molar-refractivity contribution in [3.05, 3.63) is 57.8 Å². The molecule has 2 aromatic heterocycles. The zero-order valence-electron chi connectivity index (χ0n) is 15.8. The molecule has 144 valence electrons. The van der Waals surface area contributed by atoms with Crippen molar-refractivity contribution in [2.75, 3.05) is 24.5 Å². The molecule has 0 spiro atoms. The first kappa shape index (κ1) is 17.7. The van der Waals surface area contributed by atoms with Crippen LogP contribution in [0.4, 0.5) is 5.82 Å². The van der Waals surface area contributed by atoms with E-state index in [1.54, 1.807) is 0 Å². The van der Waals surface area contributed by atoms with Crippen molar-refractivity contribution in [2.45, 2.75) is 32.2 Å². The molecule has 3 aromatic rings. The number of hydrogen-bond acceptors (Lipinski definition) is 4. The number of aromatic nitrogens is 3. The molecule has 1 saturated heterocycles. The molecule has 2 aliphatic rings. The Kier molecular flexibility index (Phi) is 4.34. The van der Waals surface area contributed by atoms with E-state index >= 15 is 0 Å². The fourth-order valence-corrected chi connectivity index (χ4v) is 4.77. The van der Waals surface area contributed by atoms with E-state index in [9.17, 15) is 4.79 Å². The predicted molar refractivity (Wildman–Crippen MR) is 112 cm³/mol. The van der Waals surface area contributed by atoms with Crippen molar-refractivity contribution in [1.29, 1.82) is 0 Å². The van der Waals surface area contributed by atoms with E-state index in [-0.39, 0.29) is 11.9 Å². The Bertz CT molecular complexity index is 1060. The lowest BCUT2D eigenvalue weighted by atomic mass is 9.93. The first-order valence-corrected chi connectivity index (χ1v) is 10.6. The van der Waals surface area contributed by atoms with Gasteiger partial charge in [0.15, 0.2) is 5.65 Å². The lowest BCUT2D eigenvalue weighted by molar-refractivity contribution is 0.0672. The molecule has 0 unspecified atom stereocenters. The molecule has 2 aliphatic heterocycles. The minimum atomic E-state index is -0.0118. The molecule has 0 saturated carbocycles. The van der Waals surface area contributed by atoms with Gasteiger partial charge in [0, 0.05) is 31.8 Å². The lowest BCUT2D eigenvalue weighted by Gasteiger charge is -2.35. The van der Waals surface area contributed by atoms with Crippen molar-refractivity contribution in [1.82, 2.24) is 19.5 Å². The van der Waals surface area contributed by atoms with E-state index in [0.29, 0.717) is 17.9 Å². The Morgan fingerprint density at radius 3 is 2.75 bits per heavy atom. The summed E-state index contributed by atoms with van der Waals surface area (Å²) < 4.78 is 2.56. The van der Waals surface area contributed by atoms with Crippen molar-refractivity contribution in [2.24, 2.45) is 0 Å². The highest BCUT2D eigenvalue weighted by Gasteiger charge is 2.30. The van der Waals surface area contributed by atoms with Gasteiger partial charge < -0.3 is 9.80 Å². The summed E-state index contributed by atoms with van der Waals surface area (Å²) in [5, 5.41) is 4.52. The van der Waals surface area contributed by atoms with Crippen LogP contribution in [0.5, 0.6) is 0 Å². The number of nitrogens with zero attached hydrogens (tertiary/aromatic N) is 5. The van der Waals surface area contributed by atoms with Gasteiger partial charge in [-0.2, -0.15) is 9.61 Å². The smallest absolute Gasteiger partial charge is 0.273 e. The van der Waals surface area contributed by atoms with E-state index in [4.69, 9.17) is 0 Å². The maximum Gasteiger partial charge on any atom is 0.273 e. The summed E-state index contributed by atoms with van der Waals surface area (Å²) in [4.78, 5) is 22.3. The highest BCUT2D eigenvalue weighted by molar-refractivity contribution is 9.10. The van der Waals surface area contributed by atoms with Crippen LogP contribution in [0, 0.1) is 0 Å². The molecule has 6 nitrogen and oxygen atoms in total. The largest absolute Gasteiger partial charge is 0.356 e. The fourth-order valence-electron chi connectivity index (χ4n) is 4.41. The molecular weight excluding hydrogens is 418 g/mol. The van der Waals surface area contributed by atoms with Gasteiger partial charge in [0.25, 0.3) is 5.91 Å². The van der Waals surface area contributed by atoms with Crippen LogP contribution in [0.25, 0.3) is 5.65 Å². The number of halogens is 1. The second-order valence-corrected chi connectivity index (χ2v) is 8.37. The summed E-state index contributed by atoms with van der Waals surface area (Å²) in [5.74, 6) is 0.934. The molecule has 0 aliphatic carbocycles. The van der Waals surface area contributed by atoms with E-state index < -0.39 is 0 Å². The van der Waals surface area contributed by atoms with Gasteiger partial charge in [-0.25, -0.2) is 4.98 Å². The topological polar surface area (TPSA) is 53.7 Å². The number of amides is 1. The van der Waals surface area contributed by atoms with Crippen molar-refractivity contribution in [3.8, 4) is 0 Å². The highest BCUT2D eigenvalue weighted by Crippen LogP contribution is 2.31. The number of rotatable bonds is 2. The van der Waals surface area contributed by atoms with Crippen LogP contribution in [-0.4, -0.2) is 45.0 Å². The van der Waals surface area contributed by atoms with Gasteiger partial charge in [-0.1, -0.05) is 24.3 Å². The van der Waals surface area contributed by atoms with Gasteiger partial charge in [-0.15, -0.1) is 0 Å². The van der Waals surface area contributed by atoms with Gasteiger partial charge in [0.1, 0.15) is 16.1 Å². The molecule has 4 heterocycles. The number of carbonyl (C=O) groups excluding carboxylic acids is 1. The summed E-state index contributed by atoms with van der Waals surface area (Å²) in [6.07, 6.45) is 3.21. The molecule has 1 amide bonds. The van der Waals surface area contributed by atoms with Gasteiger partial charge in [0.2, 0.25) is 0 Å². The third-order valence-corrected chi connectivity index (χ3v) is 6.27. The van der Waals surface area contributed by atoms with E-state index in [0.717, 1.165) is 42.8 Å². The standard InChI is InChI=1S/C21H22BrN5O/c1-14-16-7-3-2-6-15(16)8-11-26(14)21(28)17-12-20(25-9-4-5-10-25)27-19(23-17)13-18(22)24-27/h2-3,6-7,12-14H,4-5,8-11H2,1H3/t14-/m1/s1. The van der Waals surface area contributed by atoms with Crippen molar-refractivity contribution in [3.63, 3.8) is 0 Å². The molecule has 1 aromatic carbocycles. The average Bonchev–Trinajstić information content (AvgIpc) is 3.36. The summed E-state index contributed by atoms with van der Waals surface area (Å²) in [5.41, 5.74) is 3.76. The quantitative estimate of drug-likeness (QED) is 0.608. The molecule has 0 N–H and O–H groups in total. The van der Waals surface area contributed by atoms with Crippen LogP contribution in [0.1, 0.15) is 47.4 Å². The van der Waals surface area contributed by atoms with Gasteiger partial charge in [0.05, 0.1) is 6.04 Å². The van der Waals surface area contributed by atoms with E-state index in [1.807, 2.05) is 27.6 Å². The predicted octanol–water partition coefficient (Wildman–Crippen LogP) is 3.85. The summed E-state index contributed by atoms with van der Waals surface area (Å²) in [6, 6.07) is 12.2. The molecule has 28 heavy (non-hydrogen) atoms. The fraction of sp³-hybridized carbons (Fsp3) is 0.381. The van der Waals surface area contributed by atoms with Crippen molar-refractivity contribution < 1.29 is 4.79 Å². The highest BCUT2D eigenvalue weighted by atomic mass is 79.9. The Balaban J connectivity index is 1.55. The molecule has 7 heteroatoms. The van der Waals surface area contributed by atoms with Crippen molar-refractivity contribution >= 4 is 33.3 Å². The Hall–Kier alpha value is -2.41. The van der Waals surface area contributed by atoms with Crippen LogP contribution in [0.3, 0.4) is 0 Å². The SMILES string of the molecule is C[C@@H]1c2ccccc2CCN1C(=O)c1cc(N2CCCC2)n2nc(Br)cc2n1. The Labute approximate surface area is 172 Å². The van der Waals surface area contributed by atoms with Crippen LogP contribution >= 0.6 is 15.9 Å². The first-order chi connectivity index (χ1) is 13.6. The Morgan fingerprint density at radius 2 is 1.93 bits per heavy atom. The zero-order chi connectivity index (χ0) is 19.3. The minimum absolute atomic E-state index is 0.0118. The number of benzene rings is 1. The second kappa shape index (κ2) is 6.88. The van der Waals surface area contributed by atoms with Gasteiger partial charge >= 0.3 is 0 Å². The van der Waals surface area contributed by atoms with E-state index in [2.05, 4.69) is 56.0 Å². The molecule has 0 bridgehead atoms. The van der Waals surface area contributed by atoms with Crippen LogP contribution in [0.15, 0.2) is 41.0 Å². The first-order valence-electron chi connectivity index (χ1n) is 9.82. The number of hydrogen-bond donors (Lipinski definition) is 0. The van der Waals surface area contributed by atoms with Gasteiger partial charge in [-0.05, 0) is 53.2 Å². The maximum atomic E-state index is 13.4. The minimum Gasteiger partial charge on any atom is -0.356 e. The maximum absolute atomic E-state index is 13.4. The summed E-state index contributed by atoms with van der Waals surface area (Å²) in [6.45, 7) is 4.78.